The van der Waals surface area contributed by atoms with Crippen molar-refractivity contribution in [2.45, 2.75) is 44.6 Å². The van der Waals surface area contributed by atoms with E-state index in [-0.39, 0.29) is 17.6 Å². The summed E-state index contributed by atoms with van der Waals surface area (Å²) < 4.78 is 1.53. The van der Waals surface area contributed by atoms with Gasteiger partial charge >= 0.3 is 6.03 Å². The van der Waals surface area contributed by atoms with E-state index in [9.17, 15) is 9.59 Å². The third kappa shape index (κ3) is 4.61. The molecule has 2 N–H and O–H groups in total. The average Bonchev–Trinajstić information content (AvgIpc) is 3.11. The molecule has 0 radical (unpaired) electrons. The van der Waals surface area contributed by atoms with E-state index in [1.165, 1.54) is 29.4 Å². The van der Waals surface area contributed by atoms with Crippen LogP contribution < -0.4 is 21.1 Å². The summed E-state index contributed by atoms with van der Waals surface area (Å²) in [6.07, 6.45) is 11.9. The van der Waals surface area contributed by atoms with E-state index in [4.69, 9.17) is 0 Å². The minimum Gasteiger partial charge on any atom is -0.350 e. The van der Waals surface area contributed by atoms with Crippen LogP contribution >= 0.6 is 0 Å². The van der Waals surface area contributed by atoms with E-state index in [1.54, 1.807) is 19.4 Å². The molecule has 25 heavy (non-hydrogen) atoms. The van der Waals surface area contributed by atoms with Gasteiger partial charge in [-0.1, -0.05) is 11.6 Å². The van der Waals surface area contributed by atoms with E-state index in [0.717, 1.165) is 25.8 Å². The number of nitrogens with zero attached hydrogens (tertiary/aromatic N) is 3. The van der Waals surface area contributed by atoms with Gasteiger partial charge in [-0.2, -0.15) is 0 Å². The van der Waals surface area contributed by atoms with Gasteiger partial charge in [0.25, 0.3) is 5.56 Å². The molecule has 136 valence electrons. The Morgan fingerprint density at radius 3 is 3.08 bits per heavy atom. The van der Waals surface area contributed by atoms with Gasteiger partial charge in [0.05, 0.1) is 0 Å². The topological polar surface area (TPSA) is 79.3 Å². The monoisotopic (exact) mass is 345 g/mol. The number of hydrogen-bond acceptors (Lipinski definition) is 4. The highest BCUT2D eigenvalue weighted by atomic mass is 16.2. The van der Waals surface area contributed by atoms with Crippen LogP contribution in [0.1, 0.15) is 38.5 Å². The first kappa shape index (κ1) is 17.5. The van der Waals surface area contributed by atoms with Crippen LogP contribution in [0, 0.1) is 0 Å². The fourth-order valence-corrected chi connectivity index (χ4v) is 3.53. The van der Waals surface area contributed by atoms with Crippen molar-refractivity contribution < 1.29 is 4.79 Å². The van der Waals surface area contributed by atoms with Crippen LogP contribution in [0.5, 0.6) is 0 Å². The van der Waals surface area contributed by atoms with Crippen molar-refractivity contribution in [1.29, 1.82) is 0 Å². The van der Waals surface area contributed by atoms with Crippen LogP contribution in [0.4, 0.5) is 10.6 Å². The summed E-state index contributed by atoms with van der Waals surface area (Å²) in [7, 11) is 1.72. The summed E-state index contributed by atoms with van der Waals surface area (Å²) in [4.78, 5) is 30.5. The molecule has 1 aliphatic heterocycles. The van der Waals surface area contributed by atoms with Crippen molar-refractivity contribution >= 4 is 11.8 Å². The van der Waals surface area contributed by atoms with Gasteiger partial charge in [0, 0.05) is 45.1 Å². The molecule has 3 rings (SSSR count). The van der Waals surface area contributed by atoms with Crippen molar-refractivity contribution in [3.05, 3.63) is 34.4 Å². The number of aromatic nitrogens is 2. The zero-order valence-electron chi connectivity index (χ0n) is 14.8. The molecule has 2 heterocycles. The summed E-state index contributed by atoms with van der Waals surface area (Å²) in [6.45, 7) is 2.08. The first-order valence-electron chi connectivity index (χ1n) is 9.12. The zero-order chi connectivity index (χ0) is 17.6. The molecule has 7 nitrogen and oxygen atoms in total. The maximum atomic E-state index is 12.2. The number of allylic oxidation sites excluding steroid dienone is 1. The van der Waals surface area contributed by atoms with Gasteiger partial charge in [0.15, 0.2) is 5.82 Å². The van der Waals surface area contributed by atoms with Crippen molar-refractivity contribution in [1.82, 2.24) is 20.2 Å². The van der Waals surface area contributed by atoms with Gasteiger partial charge in [-0.15, -0.1) is 0 Å². The summed E-state index contributed by atoms with van der Waals surface area (Å²) in [5.74, 6) is 0.463. The Morgan fingerprint density at radius 1 is 1.40 bits per heavy atom. The Hall–Kier alpha value is -2.31. The molecule has 0 aromatic carbocycles. The Kier molecular flexibility index (Phi) is 5.73. The predicted octanol–water partition coefficient (Wildman–Crippen LogP) is 1.55. The molecule has 1 atom stereocenters. The predicted molar refractivity (Wildman–Crippen MR) is 97.8 cm³/mol. The third-order valence-electron chi connectivity index (χ3n) is 4.92. The summed E-state index contributed by atoms with van der Waals surface area (Å²) in [6, 6.07) is -0.0921. The van der Waals surface area contributed by atoms with Crippen molar-refractivity contribution in [2.24, 2.45) is 7.05 Å². The standard InChI is InChI=1S/C18H27N5O2/c1-22-12-10-19-16(17(22)24)23-11-4-7-15(13-23)21-18(25)20-9-8-14-5-2-3-6-14/h5,10,12,15H,2-4,6-9,11,13H2,1H3,(H2,20,21,25). The number of aryl methyl sites for hydroxylation is 1. The Morgan fingerprint density at radius 2 is 2.28 bits per heavy atom. The molecule has 1 aliphatic carbocycles. The molecule has 1 fully saturated rings. The highest BCUT2D eigenvalue weighted by Gasteiger charge is 2.24. The fraction of sp³-hybridized carbons (Fsp3) is 0.611. The lowest BCUT2D eigenvalue weighted by Gasteiger charge is -2.33. The van der Waals surface area contributed by atoms with Crippen LogP contribution in [0.25, 0.3) is 0 Å². The smallest absolute Gasteiger partial charge is 0.315 e. The molecule has 1 unspecified atom stereocenters. The molecule has 2 amide bonds. The number of amides is 2. The second-order valence-corrected chi connectivity index (χ2v) is 6.86. The number of carbonyl (C=O) groups is 1. The zero-order valence-corrected chi connectivity index (χ0v) is 14.8. The summed E-state index contributed by atoms with van der Waals surface area (Å²) in [5, 5.41) is 5.97. The molecule has 0 bridgehead atoms. The van der Waals surface area contributed by atoms with Gasteiger partial charge < -0.3 is 20.1 Å². The van der Waals surface area contributed by atoms with Crippen LogP contribution in [-0.2, 0) is 7.05 Å². The highest BCUT2D eigenvalue weighted by Crippen LogP contribution is 2.19. The molecule has 0 saturated carbocycles. The molecule has 2 aliphatic rings. The lowest BCUT2D eigenvalue weighted by Crippen LogP contribution is -2.51. The average molecular weight is 345 g/mol. The second-order valence-electron chi connectivity index (χ2n) is 6.86. The van der Waals surface area contributed by atoms with Crippen molar-refractivity contribution in [2.75, 3.05) is 24.5 Å². The maximum absolute atomic E-state index is 12.2. The second kappa shape index (κ2) is 8.18. The molecule has 7 heteroatoms. The van der Waals surface area contributed by atoms with Crippen LogP contribution in [-0.4, -0.2) is 41.3 Å². The molecule has 1 saturated heterocycles. The van der Waals surface area contributed by atoms with Gasteiger partial charge in [0.2, 0.25) is 0 Å². The molecular weight excluding hydrogens is 318 g/mol. The molecule has 1 aromatic rings. The first-order valence-corrected chi connectivity index (χ1v) is 9.12. The lowest BCUT2D eigenvalue weighted by molar-refractivity contribution is 0.235. The summed E-state index contributed by atoms with van der Waals surface area (Å²) in [5.41, 5.74) is 1.35. The maximum Gasteiger partial charge on any atom is 0.315 e. The Bertz CT molecular complexity index is 697. The van der Waals surface area contributed by atoms with Crippen molar-refractivity contribution in [3.63, 3.8) is 0 Å². The van der Waals surface area contributed by atoms with E-state index in [2.05, 4.69) is 21.7 Å². The molecular formula is C18H27N5O2. The first-order chi connectivity index (χ1) is 12.1. The van der Waals surface area contributed by atoms with Gasteiger partial charge in [0.1, 0.15) is 0 Å². The number of urea groups is 1. The lowest BCUT2D eigenvalue weighted by atomic mass is 10.1. The van der Waals surface area contributed by atoms with E-state index >= 15 is 0 Å². The number of hydrogen-bond donors (Lipinski definition) is 2. The van der Waals surface area contributed by atoms with Gasteiger partial charge in [-0.3, -0.25) is 4.79 Å². The van der Waals surface area contributed by atoms with E-state index in [0.29, 0.717) is 18.9 Å². The Labute approximate surface area is 148 Å². The number of carbonyl (C=O) groups excluding carboxylic acids is 1. The van der Waals surface area contributed by atoms with Gasteiger partial charge in [-0.25, -0.2) is 9.78 Å². The SMILES string of the molecule is Cn1ccnc(N2CCCC(NC(=O)NCCC3=CCCC3)C2)c1=O. The third-order valence-corrected chi connectivity index (χ3v) is 4.92. The number of nitrogens with one attached hydrogen (secondary N) is 2. The van der Waals surface area contributed by atoms with Crippen molar-refractivity contribution in [3.8, 4) is 0 Å². The quantitative estimate of drug-likeness (QED) is 0.794. The largest absolute Gasteiger partial charge is 0.350 e. The van der Waals surface area contributed by atoms with Crippen LogP contribution in [0.15, 0.2) is 28.8 Å². The van der Waals surface area contributed by atoms with E-state index in [1.807, 2.05) is 4.90 Å². The van der Waals surface area contributed by atoms with E-state index < -0.39 is 0 Å². The normalized spacial score (nSPS) is 20.3. The molecule has 0 spiro atoms. The van der Waals surface area contributed by atoms with Crippen LogP contribution in [0.3, 0.4) is 0 Å². The minimum atomic E-state index is -0.126. The molecule has 1 aromatic heterocycles. The van der Waals surface area contributed by atoms with Crippen LogP contribution in [0.2, 0.25) is 0 Å². The Balaban J connectivity index is 1.48. The number of piperidine rings is 1. The minimum absolute atomic E-state index is 0.0335. The number of rotatable bonds is 5. The van der Waals surface area contributed by atoms with Gasteiger partial charge in [-0.05, 0) is 38.5 Å². The summed E-state index contributed by atoms with van der Waals surface area (Å²) >= 11 is 0. The fourth-order valence-electron chi connectivity index (χ4n) is 3.53. The number of anilines is 1. The highest BCUT2D eigenvalue weighted by molar-refractivity contribution is 5.74.